The number of anilines is 2. The number of hydrogen-bond acceptors (Lipinski definition) is 7. The van der Waals surface area contributed by atoms with Crippen molar-refractivity contribution < 1.29 is 4.79 Å². The van der Waals surface area contributed by atoms with Crippen LogP contribution in [0.25, 0.3) is 0 Å². The van der Waals surface area contributed by atoms with Gasteiger partial charge in [-0.1, -0.05) is 55.1 Å². The normalized spacial score (nSPS) is 20.6. The van der Waals surface area contributed by atoms with E-state index in [2.05, 4.69) is 52.5 Å². The van der Waals surface area contributed by atoms with Crippen molar-refractivity contribution in [1.29, 1.82) is 0 Å². The van der Waals surface area contributed by atoms with Crippen molar-refractivity contribution in [3.05, 3.63) is 41.6 Å². The maximum Gasteiger partial charge on any atom is 0.206 e. The molecule has 142 valence electrons. The maximum atomic E-state index is 12.9. The first-order valence-corrected chi connectivity index (χ1v) is 10.9. The van der Waals surface area contributed by atoms with Crippen LogP contribution in [0.3, 0.4) is 0 Å². The third-order valence-electron chi connectivity index (χ3n) is 5.21. The van der Waals surface area contributed by atoms with Gasteiger partial charge in [0.25, 0.3) is 0 Å². The topological polar surface area (TPSA) is 58.1 Å². The SMILES string of the molecule is CC(Sc1nnc(NC2CC2)s1)C(=O)/C=C1/N(C)c2ccccc2C1(C)C. The summed E-state index contributed by atoms with van der Waals surface area (Å²) in [7, 11) is 2.03. The van der Waals surface area contributed by atoms with E-state index >= 15 is 0 Å². The first kappa shape index (κ1) is 18.5. The third-order valence-corrected chi connectivity index (χ3v) is 7.27. The predicted molar refractivity (Wildman–Crippen MR) is 113 cm³/mol. The second kappa shape index (κ2) is 6.95. The average Bonchev–Trinajstić information content (AvgIpc) is 3.31. The molecule has 1 atom stereocenters. The zero-order valence-electron chi connectivity index (χ0n) is 16.0. The van der Waals surface area contributed by atoms with Crippen LogP contribution in [0.2, 0.25) is 0 Å². The lowest BCUT2D eigenvalue weighted by atomic mass is 9.83. The van der Waals surface area contributed by atoms with Gasteiger partial charge in [-0.3, -0.25) is 4.79 Å². The van der Waals surface area contributed by atoms with E-state index in [-0.39, 0.29) is 16.4 Å². The van der Waals surface area contributed by atoms with Crippen molar-refractivity contribution in [2.45, 2.75) is 54.7 Å². The highest BCUT2D eigenvalue weighted by Crippen LogP contribution is 2.46. The van der Waals surface area contributed by atoms with E-state index in [1.807, 2.05) is 26.1 Å². The standard InChI is InChI=1S/C20H24N4OS2/c1-12(26-19-23-22-18(27-19)21-13-9-10-13)16(25)11-17-20(2,3)14-7-5-6-8-15(14)24(17)4/h5-8,11-13H,9-10H2,1-4H3,(H,21,22)/b17-11+. The molecule has 1 aliphatic carbocycles. The number of likely N-dealkylation sites (N-methyl/N-ethyl adjacent to an activating group) is 1. The number of benzene rings is 1. The fraction of sp³-hybridized carbons (Fsp3) is 0.450. The molecule has 0 radical (unpaired) electrons. The average molecular weight is 401 g/mol. The zero-order chi connectivity index (χ0) is 19.2. The van der Waals surface area contributed by atoms with Gasteiger partial charge in [0.15, 0.2) is 10.1 Å². The first-order valence-electron chi connectivity index (χ1n) is 9.22. The lowest BCUT2D eigenvalue weighted by molar-refractivity contribution is -0.113. The lowest BCUT2D eigenvalue weighted by Crippen LogP contribution is -2.25. The summed E-state index contributed by atoms with van der Waals surface area (Å²) in [6.07, 6.45) is 4.22. The third kappa shape index (κ3) is 3.62. The minimum atomic E-state index is -0.202. The fourth-order valence-corrected chi connectivity index (χ4v) is 5.43. The van der Waals surface area contributed by atoms with Gasteiger partial charge in [0, 0.05) is 36.0 Å². The van der Waals surface area contributed by atoms with E-state index in [0.717, 1.165) is 15.2 Å². The number of carbonyl (C=O) groups excluding carboxylic acids is 1. The summed E-state index contributed by atoms with van der Waals surface area (Å²) in [6, 6.07) is 8.90. The van der Waals surface area contributed by atoms with Crippen LogP contribution in [0, 0.1) is 0 Å². The number of carbonyl (C=O) groups is 1. The quantitative estimate of drug-likeness (QED) is 0.570. The zero-order valence-corrected chi connectivity index (χ0v) is 17.7. The molecule has 0 bridgehead atoms. The molecule has 5 nitrogen and oxygen atoms in total. The van der Waals surface area contributed by atoms with Crippen LogP contribution in [0.1, 0.15) is 39.2 Å². The maximum absolute atomic E-state index is 12.9. The van der Waals surface area contributed by atoms with E-state index in [1.54, 1.807) is 0 Å². The van der Waals surface area contributed by atoms with Crippen molar-refractivity contribution in [2.75, 3.05) is 17.3 Å². The Balaban J connectivity index is 1.48. The molecule has 0 spiro atoms. The molecule has 7 heteroatoms. The second-order valence-corrected chi connectivity index (χ2v) is 10.3. The highest BCUT2D eigenvalue weighted by Gasteiger charge is 2.38. The minimum Gasteiger partial charge on any atom is -0.357 e. The number of fused-ring (bicyclic) bond motifs is 1. The van der Waals surface area contributed by atoms with E-state index in [1.165, 1.54) is 47.2 Å². The molecule has 0 amide bonds. The molecule has 1 unspecified atom stereocenters. The van der Waals surface area contributed by atoms with Crippen LogP contribution in [-0.2, 0) is 10.2 Å². The molecule has 1 aromatic heterocycles. The molecule has 1 fully saturated rings. The number of aromatic nitrogens is 2. The molecule has 4 rings (SSSR count). The summed E-state index contributed by atoms with van der Waals surface area (Å²) in [5, 5.41) is 12.4. The number of ketones is 1. The number of nitrogens with one attached hydrogen (secondary N) is 1. The van der Waals surface area contributed by atoms with Gasteiger partial charge >= 0.3 is 0 Å². The molecule has 1 aromatic carbocycles. The molecule has 0 saturated heterocycles. The van der Waals surface area contributed by atoms with Crippen molar-refractivity contribution in [1.82, 2.24) is 10.2 Å². The van der Waals surface area contributed by atoms with Crippen LogP contribution in [0.4, 0.5) is 10.8 Å². The Labute approximate surface area is 168 Å². The summed E-state index contributed by atoms with van der Waals surface area (Å²) in [5.74, 6) is 0.106. The van der Waals surface area contributed by atoms with Gasteiger partial charge < -0.3 is 10.2 Å². The van der Waals surface area contributed by atoms with Gasteiger partial charge in [-0.05, 0) is 31.4 Å². The summed E-state index contributed by atoms with van der Waals surface area (Å²) in [5.41, 5.74) is 3.28. The van der Waals surface area contributed by atoms with E-state index < -0.39 is 0 Å². The number of hydrogen-bond donors (Lipinski definition) is 1. The lowest BCUT2D eigenvalue weighted by Gasteiger charge is -2.24. The van der Waals surface area contributed by atoms with Gasteiger partial charge in [0.1, 0.15) is 0 Å². The van der Waals surface area contributed by atoms with Gasteiger partial charge in [0.05, 0.1) is 5.25 Å². The highest BCUT2D eigenvalue weighted by molar-refractivity contribution is 8.02. The molecular formula is C20H24N4OS2. The molecule has 2 aliphatic rings. The van der Waals surface area contributed by atoms with E-state index in [9.17, 15) is 4.79 Å². The van der Waals surface area contributed by atoms with Crippen molar-refractivity contribution in [3.8, 4) is 0 Å². The number of nitrogens with zero attached hydrogens (tertiary/aromatic N) is 3. The second-order valence-electron chi connectivity index (χ2n) is 7.68. The van der Waals surface area contributed by atoms with Crippen LogP contribution in [0.15, 0.2) is 40.4 Å². The summed E-state index contributed by atoms with van der Waals surface area (Å²) in [6.45, 7) is 6.29. The van der Waals surface area contributed by atoms with Crippen LogP contribution >= 0.6 is 23.1 Å². The van der Waals surface area contributed by atoms with Crippen molar-refractivity contribution in [2.24, 2.45) is 0 Å². The molecule has 1 aliphatic heterocycles. The van der Waals surface area contributed by atoms with Gasteiger partial charge in [-0.25, -0.2) is 0 Å². The Morgan fingerprint density at radius 2 is 2.11 bits per heavy atom. The molecule has 2 aromatic rings. The molecular weight excluding hydrogens is 376 g/mol. The number of rotatable bonds is 6. The number of thioether (sulfide) groups is 1. The molecule has 1 saturated carbocycles. The van der Waals surface area contributed by atoms with Crippen molar-refractivity contribution in [3.63, 3.8) is 0 Å². The van der Waals surface area contributed by atoms with Crippen LogP contribution in [0.5, 0.6) is 0 Å². The van der Waals surface area contributed by atoms with Crippen LogP contribution < -0.4 is 10.2 Å². The number of allylic oxidation sites excluding steroid dienone is 2. The van der Waals surface area contributed by atoms with Crippen molar-refractivity contribution >= 4 is 39.7 Å². The van der Waals surface area contributed by atoms with Gasteiger partial charge in [-0.2, -0.15) is 0 Å². The van der Waals surface area contributed by atoms with Gasteiger partial charge in [-0.15, -0.1) is 10.2 Å². The van der Waals surface area contributed by atoms with E-state index in [0.29, 0.717) is 6.04 Å². The first-order chi connectivity index (χ1) is 12.9. The molecule has 1 N–H and O–H groups in total. The fourth-order valence-electron chi connectivity index (χ4n) is 3.44. The highest BCUT2D eigenvalue weighted by atomic mass is 32.2. The van der Waals surface area contributed by atoms with Crippen LogP contribution in [-0.4, -0.2) is 34.3 Å². The summed E-state index contributed by atoms with van der Waals surface area (Å²) < 4.78 is 0.833. The largest absolute Gasteiger partial charge is 0.357 e. The molecule has 2 heterocycles. The Hall–Kier alpha value is -1.86. The Bertz CT molecular complexity index is 901. The minimum absolute atomic E-state index is 0.106. The Kier molecular flexibility index (Phi) is 4.76. The molecule has 27 heavy (non-hydrogen) atoms. The Morgan fingerprint density at radius 1 is 1.37 bits per heavy atom. The smallest absolute Gasteiger partial charge is 0.206 e. The van der Waals surface area contributed by atoms with Gasteiger partial charge in [0.2, 0.25) is 5.13 Å². The summed E-state index contributed by atoms with van der Waals surface area (Å²) in [4.78, 5) is 15.0. The predicted octanol–water partition coefficient (Wildman–Crippen LogP) is 4.47. The Morgan fingerprint density at radius 3 is 2.81 bits per heavy atom. The van der Waals surface area contributed by atoms with E-state index in [4.69, 9.17) is 0 Å². The number of para-hydroxylation sites is 1. The monoisotopic (exact) mass is 400 g/mol. The summed E-state index contributed by atoms with van der Waals surface area (Å²) >= 11 is 3.01.